The fraction of sp³-hybridized carbons (Fsp3) is 0.261. The third kappa shape index (κ3) is 3.43. The smallest absolute Gasteiger partial charge is 0.275 e. The molecule has 2 aliphatic rings. The Labute approximate surface area is 173 Å². The van der Waals surface area contributed by atoms with Crippen LogP contribution in [-0.4, -0.2) is 40.5 Å². The first-order chi connectivity index (χ1) is 14.7. The van der Waals surface area contributed by atoms with Gasteiger partial charge >= 0.3 is 0 Å². The molecule has 3 heterocycles. The molecule has 5 rings (SSSR count). The van der Waals surface area contributed by atoms with Crippen molar-refractivity contribution < 1.29 is 14.3 Å². The van der Waals surface area contributed by atoms with Crippen molar-refractivity contribution in [2.45, 2.75) is 19.4 Å². The lowest BCUT2D eigenvalue weighted by atomic mass is 10.0. The summed E-state index contributed by atoms with van der Waals surface area (Å²) in [6.07, 6.45) is 2.00. The number of hydrogen-bond acceptors (Lipinski definition) is 5. The van der Waals surface area contributed by atoms with Gasteiger partial charge in [-0.3, -0.25) is 9.59 Å². The Morgan fingerprint density at radius 2 is 1.70 bits per heavy atom. The zero-order valence-electron chi connectivity index (χ0n) is 16.4. The van der Waals surface area contributed by atoms with Crippen molar-refractivity contribution in [2.24, 2.45) is 0 Å². The Kier molecular flexibility index (Phi) is 4.71. The standard InChI is InChI=1S/C23H21N3O4/c27-22(25-10-4-5-11-25)14-26-23(28)18(13-19(24-26)16-6-2-1-3-7-16)17-8-9-20-21(12-17)30-15-29-20/h1-3,6-9,12-13H,4-5,10-11,14-15H2. The number of likely N-dealkylation sites (tertiary alicyclic amines) is 1. The maximum absolute atomic E-state index is 13.3. The van der Waals surface area contributed by atoms with E-state index in [2.05, 4.69) is 5.10 Å². The average Bonchev–Trinajstić information content (AvgIpc) is 3.47. The maximum atomic E-state index is 13.3. The minimum atomic E-state index is -0.305. The largest absolute Gasteiger partial charge is 0.454 e. The van der Waals surface area contributed by atoms with Gasteiger partial charge in [0.05, 0.1) is 11.3 Å². The lowest BCUT2D eigenvalue weighted by Crippen LogP contribution is -2.36. The van der Waals surface area contributed by atoms with Gasteiger partial charge in [0, 0.05) is 18.7 Å². The van der Waals surface area contributed by atoms with Crippen LogP contribution in [0.5, 0.6) is 11.5 Å². The molecule has 0 radical (unpaired) electrons. The van der Waals surface area contributed by atoms with Crippen molar-refractivity contribution in [2.75, 3.05) is 19.9 Å². The van der Waals surface area contributed by atoms with Crippen LogP contribution < -0.4 is 15.0 Å². The van der Waals surface area contributed by atoms with E-state index in [1.165, 1.54) is 4.68 Å². The second-order valence-corrected chi connectivity index (χ2v) is 7.43. The van der Waals surface area contributed by atoms with Crippen molar-refractivity contribution in [3.05, 3.63) is 65.0 Å². The topological polar surface area (TPSA) is 73.7 Å². The molecule has 1 fully saturated rings. The number of rotatable bonds is 4. The molecule has 0 bridgehead atoms. The van der Waals surface area contributed by atoms with Crippen LogP contribution in [0, 0.1) is 0 Å². The van der Waals surface area contributed by atoms with E-state index in [4.69, 9.17) is 9.47 Å². The first-order valence-electron chi connectivity index (χ1n) is 10.0. The molecule has 1 aromatic heterocycles. The molecule has 0 saturated carbocycles. The van der Waals surface area contributed by atoms with Crippen molar-refractivity contribution >= 4 is 5.91 Å². The van der Waals surface area contributed by atoms with E-state index >= 15 is 0 Å². The zero-order valence-corrected chi connectivity index (χ0v) is 16.4. The molecule has 1 amide bonds. The summed E-state index contributed by atoms with van der Waals surface area (Å²) in [6.45, 7) is 1.57. The third-order valence-electron chi connectivity index (χ3n) is 5.47. The highest BCUT2D eigenvalue weighted by molar-refractivity contribution is 5.77. The molecule has 2 aromatic carbocycles. The van der Waals surface area contributed by atoms with Crippen LogP contribution in [0.4, 0.5) is 0 Å². The molecule has 152 valence electrons. The lowest BCUT2D eigenvalue weighted by molar-refractivity contribution is -0.131. The first kappa shape index (κ1) is 18.4. The highest BCUT2D eigenvalue weighted by Gasteiger charge is 2.21. The monoisotopic (exact) mass is 403 g/mol. The predicted molar refractivity (Wildman–Crippen MR) is 111 cm³/mol. The van der Waals surface area contributed by atoms with E-state index in [9.17, 15) is 9.59 Å². The quantitative estimate of drug-likeness (QED) is 0.670. The van der Waals surface area contributed by atoms with Crippen LogP contribution in [0.3, 0.4) is 0 Å². The van der Waals surface area contributed by atoms with E-state index in [1.807, 2.05) is 36.4 Å². The van der Waals surface area contributed by atoms with Crippen LogP contribution in [0.25, 0.3) is 22.4 Å². The average molecular weight is 403 g/mol. The minimum absolute atomic E-state index is 0.0724. The van der Waals surface area contributed by atoms with Crippen LogP contribution in [0.2, 0.25) is 0 Å². The molecule has 0 spiro atoms. The predicted octanol–water partition coefficient (Wildman–Crippen LogP) is 2.93. The molecule has 7 nitrogen and oxygen atoms in total. The number of carbonyl (C=O) groups is 1. The SMILES string of the molecule is O=C(Cn1nc(-c2ccccc2)cc(-c2ccc3c(c2)OCO3)c1=O)N1CCCC1. The van der Waals surface area contributed by atoms with Gasteiger partial charge in [-0.25, -0.2) is 4.68 Å². The number of amides is 1. The number of carbonyl (C=O) groups excluding carboxylic acids is 1. The number of ether oxygens (including phenoxy) is 2. The fourth-order valence-corrected chi connectivity index (χ4v) is 3.86. The first-order valence-corrected chi connectivity index (χ1v) is 10.0. The van der Waals surface area contributed by atoms with Gasteiger partial charge in [-0.15, -0.1) is 0 Å². The summed E-state index contributed by atoms with van der Waals surface area (Å²) in [4.78, 5) is 27.8. The van der Waals surface area contributed by atoms with Gasteiger partial charge in [-0.1, -0.05) is 36.4 Å². The van der Waals surface area contributed by atoms with Crippen molar-refractivity contribution in [1.82, 2.24) is 14.7 Å². The molecule has 0 atom stereocenters. The molecule has 0 unspecified atom stereocenters. The molecule has 1 saturated heterocycles. The fourth-order valence-electron chi connectivity index (χ4n) is 3.86. The summed E-state index contributed by atoms with van der Waals surface area (Å²) in [5, 5.41) is 4.51. The normalized spacial score (nSPS) is 14.9. The van der Waals surface area contributed by atoms with Crippen LogP contribution >= 0.6 is 0 Å². The summed E-state index contributed by atoms with van der Waals surface area (Å²) >= 11 is 0. The highest BCUT2D eigenvalue weighted by atomic mass is 16.7. The van der Waals surface area contributed by atoms with Crippen LogP contribution in [-0.2, 0) is 11.3 Å². The van der Waals surface area contributed by atoms with E-state index in [0.717, 1.165) is 31.5 Å². The zero-order chi connectivity index (χ0) is 20.5. The number of fused-ring (bicyclic) bond motifs is 1. The second kappa shape index (κ2) is 7.67. The maximum Gasteiger partial charge on any atom is 0.275 e. The Hall–Kier alpha value is -3.61. The molecule has 0 aliphatic carbocycles. The number of nitrogens with zero attached hydrogens (tertiary/aromatic N) is 3. The third-order valence-corrected chi connectivity index (χ3v) is 5.47. The van der Waals surface area contributed by atoms with Crippen molar-refractivity contribution in [3.63, 3.8) is 0 Å². The second-order valence-electron chi connectivity index (χ2n) is 7.43. The van der Waals surface area contributed by atoms with Gasteiger partial charge in [-0.2, -0.15) is 5.10 Å². The van der Waals surface area contributed by atoms with E-state index in [-0.39, 0.29) is 24.8 Å². The van der Waals surface area contributed by atoms with Gasteiger partial charge < -0.3 is 14.4 Å². The lowest BCUT2D eigenvalue weighted by Gasteiger charge is -2.17. The van der Waals surface area contributed by atoms with Crippen LogP contribution in [0.15, 0.2) is 59.4 Å². The molecular weight excluding hydrogens is 382 g/mol. The van der Waals surface area contributed by atoms with Gasteiger partial charge in [0.1, 0.15) is 6.54 Å². The summed E-state index contributed by atoms with van der Waals surface area (Å²) in [7, 11) is 0. The van der Waals surface area contributed by atoms with Crippen molar-refractivity contribution in [1.29, 1.82) is 0 Å². The highest BCUT2D eigenvalue weighted by Crippen LogP contribution is 2.35. The molecular formula is C23H21N3O4. The van der Waals surface area contributed by atoms with Gasteiger partial charge in [-0.05, 0) is 36.6 Å². The Balaban J connectivity index is 1.60. The summed E-state index contributed by atoms with van der Waals surface area (Å²) in [6, 6.07) is 16.8. The van der Waals surface area contributed by atoms with E-state index < -0.39 is 0 Å². The molecule has 3 aromatic rings. The van der Waals surface area contributed by atoms with Crippen molar-refractivity contribution in [3.8, 4) is 33.9 Å². The molecule has 2 aliphatic heterocycles. The van der Waals surface area contributed by atoms with Crippen LogP contribution in [0.1, 0.15) is 12.8 Å². The summed E-state index contributed by atoms with van der Waals surface area (Å²) in [5.41, 5.74) is 2.38. The molecule has 30 heavy (non-hydrogen) atoms. The molecule has 0 N–H and O–H groups in total. The number of aromatic nitrogens is 2. The Morgan fingerprint density at radius 3 is 2.50 bits per heavy atom. The number of benzene rings is 2. The summed E-state index contributed by atoms with van der Waals surface area (Å²) < 4.78 is 12.1. The minimum Gasteiger partial charge on any atom is -0.454 e. The molecule has 7 heteroatoms. The summed E-state index contributed by atoms with van der Waals surface area (Å²) in [5.74, 6) is 1.18. The Bertz CT molecular complexity index is 1150. The van der Waals surface area contributed by atoms with Gasteiger partial charge in [0.25, 0.3) is 5.56 Å². The Morgan fingerprint density at radius 1 is 0.933 bits per heavy atom. The van der Waals surface area contributed by atoms with E-state index in [1.54, 1.807) is 23.1 Å². The number of hydrogen-bond donors (Lipinski definition) is 0. The van der Waals surface area contributed by atoms with Gasteiger partial charge in [0.15, 0.2) is 11.5 Å². The van der Waals surface area contributed by atoms with E-state index in [0.29, 0.717) is 28.3 Å². The van der Waals surface area contributed by atoms with Gasteiger partial charge in [0.2, 0.25) is 12.7 Å².